The summed E-state index contributed by atoms with van der Waals surface area (Å²) in [6, 6.07) is 14.8. The second-order valence-corrected chi connectivity index (χ2v) is 8.29. The zero-order valence-corrected chi connectivity index (χ0v) is 19.1. The zero-order valence-electron chi connectivity index (χ0n) is 19.1. The number of nitrogens with one attached hydrogen (secondary N) is 2. The molecule has 0 unspecified atom stereocenters. The van der Waals surface area contributed by atoms with E-state index >= 15 is 0 Å². The molecule has 186 valence electrons. The monoisotopic (exact) mass is 505 g/mol. The van der Waals surface area contributed by atoms with Gasteiger partial charge in [-0.15, -0.1) is 0 Å². The molecular weight excluding hydrogens is 486 g/mol. The van der Waals surface area contributed by atoms with Crippen LogP contribution in [0, 0.1) is 11.6 Å². The molecule has 1 atom stereocenters. The Hall–Kier alpha value is -4.60. The van der Waals surface area contributed by atoms with Crippen LogP contribution < -0.4 is 5.32 Å². The van der Waals surface area contributed by atoms with E-state index in [9.17, 15) is 22.4 Å². The summed E-state index contributed by atoms with van der Waals surface area (Å²) in [7, 11) is 0. The highest BCUT2D eigenvalue weighted by atomic mass is 19.3. The van der Waals surface area contributed by atoms with Crippen LogP contribution in [0.4, 0.5) is 23.4 Å². The number of nitrogens with zero attached hydrogens (tertiary/aromatic N) is 3. The predicted molar refractivity (Wildman–Crippen MR) is 131 cm³/mol. The van der Waals surface area contributed by atoms with Crippen molar-refractivity contribution in [2.75, 3.05) is 5.32 Å². The van der Waals surface area contributed by atoms with E-state index in [-0.39, 0.29) is 11.4 Å². The molecule has 0 aliphatic heterocycles. The molecule has 1 aromatic carbocycles. The van der Waals surface area contributed by atoms with Gasteiger partial charge in [0.15, 0.2) is 0 Å². The summed E-state index contributed by atoms with van der Waals surface area (Å²) in [4.78, 5) is 29.0. The van der Waals surface area contributed by atoms with Crippen molar-refractivity contribution in [1.29, 1.82) is 0 Å². The molecular formula is C27H19F4N5O. The molecule has 37 heavy (non-hydrogen) atoms. The lowest BCUT2D eigenvalue weighted by atomic mass is 9.95. The molecule has 6 nitrogen and oxygen atoms in total. The Morgan fingerprint density at radius 1 is 0.919 bits per heavy atom. The predicted octanol–water partition coefficient (Wildman–Crippen LogP) is 6.34. The molecule has 0 fully saturated rings. The number of carbonyl (C=O) groups excluding carboxylic acids is 1. The van der Waals surface area contributed by atoms with Crippen molar-refractivity contribution in [3.05, 3.63) is 96.5 Å². The highest BCUT2D eigenvalue weighted by Crippen LogP contribution is 2.37. The minimum absolute atomic E-state index is 0.119. The van der Waals surface area contributed by atoms with E-state index in [4.69, 9.17) is 0 Å². The maximum Gasteiger partial charge on any atom is 0.239 e. The van der Waals surface area contributed by atoms with Crippen LogP contribution in [0.2, 0.25) is 0 Å². The number of fused-ring (bicyclic) bond motifs is 1. The lowest BCUT2D eigenvalue weighted by Gasteiger charge is -2.17. The summed E-state index contributed by atoms with van der Waals surface area (Å²) in [5, 5.41) is 2.59. The molecule has 10 heteroatoms. The lowest BCUT2D eigenvalue weighted by Crippen LogP contribution is -2.23. The smallest absolute Gasteiger partial charge is 0.239 e. The van der Waals surface area contributed by atoms with Gasteiger partial charge >= 0.3 is 0 Å². The van der Waals surface area contributed by atoms with Gasteiger partial charge < -0.3 is 10.3 Å². The number of pyridine rings is 3. The van der Waals surface area contributed by atoms with Gasteiger partial charge in [-0.2, -0.15) is 0 Å². The number of amides is 1. The van der Waals surface area contributed by atoms with Crippen molar-refractivity contribution in [3.8, 4) is 22.5 Å². The number of hydrogen-bond acceptors (Lipinski definition) is 4. The number of hydrogen-bond donors (Lipinski definition) is 2. The van der Waals surface area contributed by atoms with Crippen molar-refractivity contribution in [2.24, 2.45) is 0 Å². The van der Waals surface area contributed by atoms with E-state index in [0.717, 1.165) is 18.3 Å². The molecule has 0 aliphatic rings. The molecule has 0 saturated carbocycles. The van der Waals surface area contributed by atoms with Crippen molar-refractivity contribution >= 4 is 22.8 Å². The van der Waals surface area contributed by atoms with Gasteiger partial charge in [0.05, 0.1) is 40.1 Å². The maximum absolute atomic E-state index is 13.9. The van der Waals surface area contributed by atoms with Crippen LogP contribution in [0.15, 0.2) is 79.3 Å². The van der Waals surface area contributed by atoms with Crippen molar-refractivity contribution in [3.63, 3.8) is 0 Å². The Morgan fingerprint density at radius 2 is 1.73 bits per heavy atom. The second-order valence-electron chi connectivity index (χ2n) is 8.29. The third-order valence-corrected chi connectivity index (χ3v) is 5.82. The summed E-state index contributed by atoms with van der Waals surface area (Å²) >= 11 is 0. The fourth-order valence-electron chi connectivity index (χ4n) is 4.16. The van der Waals surface area contributed by atoms with Gasteiger partial charge in [-0.1, -0.05) is 18.2 Å². The van der Waals surface area contributed by atoms with Gasteiger partial charge in [-0.3, -0.25) is 14.8 Å². The van der Waals surface area contributed by atoms with E-state index in [2.05, 4.69) is 25.3 Å². The molecule has 2 N–H and O–H groups in total. The summed E-state index contributed by atoms with van der Waals surface area (Å²) in [5.74, 6) is -2.85. The first kappa shape index (κ1) is 24.1. The SMILES string of the molecule is O=C(Nc1cc(-c2[nH]c3cc(F)cnc3c2-c2ccccn2)ccn1)[C@@H](CC(F)F)c1ccc(F)cc1. The molecule has 4 heterocycles. The van der Waals surface area contributed by atoms with Crippen LogP contribution in [0.3, 0.4) is 0 Å². The van der Waals surface area contributed by atoms with Gasteiger partial charge in [0.2, 0.25) is 12.3 Å². The van der Waals surface area contributed by atoms with Gasteiger partial charge in [0.25, 0.3) is 0 Å². The number of aromatic amines is 1. The topological polar surface area (TPSA) is 83.6 Å². The van der Waals surface area contributed by atoms with Crippen molar-refractivity contribution in [1.82, 2.24) is 19.9 Å². The summed E-state index contributed by atoms with van der Waals surface area (Å²) in [6.45, 7) is 0. The molecule has 5 rings (SSSR count). The third-order valence-electron chi connectivity index (χ3n) is 5.82. The van der Waals surface area contributed by atoms with Crippen LogP contribution in [-0.4, -0.2) is 32.3 Å². The van der Waals surface area contributed by atoms with Gasteiger partial charge in [0, 0.05) is 30.4 Å². The molecule has 0 aliphatic carbocycles. The first-order valence-corrected chi connectivity index (χ1v) is 11.3. The van der Waals surface area contributed by atoms with Gasteiger partial charge in [-0.25, -0.2) is 22.5 Å². The van der Waals surface area contributed by atoms with Crippen LogP contribution in [0.25, 0.3) is 33.5 Å². The normalized spacial score (nSPS) is 12.1. The quantitative estimate of drug-likeness (QED) is 0.253. The highest BCUT2D eigenvalue weighted by Gasteiger charge is 2.26. The molecule has 0 spiro atoms. The first-order valence-electron chi connectivity index (χ1n) is 11.3. The molecule has 4 aromatic heterocycles. The number of benzene rings is 1. The number of rotatable bonds is 7. The van der Waals surface area contributed by atoms with Crippen LogP contribution in [0.5, 0.6) is 0 Å². The largest absolute Gasteiger partial charge is 0.353 e. The number of H-pyrrole nitrogens is 1. The standard InChI is InChI=1S/C27H19F4N5O/c28-17-6-4-15(5-7-17)19(13-22(30)31)27(37)36-23-11-16(8-10-33-23)25-24(20-3-1-2-9-32-20)26-21(35-25)12-18(29)14-34-26/h1-12,14,19,22,35H,13H2,(H,33,36,37)/t19-/m0/s1. The molecule has 0 radical (unpaired) electrons. The lowest BCUT2D eigenvalue weighted by molar-refractivity contribution is -0.118. The Kier molecular flexibility index (Phi) is 6.63. The Balaban J connectivity index is 1.52. The van der Waals surface area contributed by atoms with E-state index in [1.807, 2.05) is 6.07 Å². The summed E-state index contributed by atoms with van der Waals surface area (Å²) < 4.78 is 53.7. The Bertz CT molecular complexity index is 1550. The molecule has 0 bridgehead atoms. The summed E-state index contributed by atoms with van der Waals surface area (Å²) in [6.07, 6.45) is 0.703. The highest BCUT2D eigenvalue weighted by molar-refractivity contribution is 6.01. The minimum atomic E-state index is -2.75. The minimum Gasteiger partial charge on any atom is -0.353 e. The molecule has 1 amide bonds. The third kappa shape index (κ3) is 5.18. The van der Waals surface area contributed by atoms with Crippen molar-refractivity contribution in [2.45, 2.75) is 18.8 Å². The summed E-state index contributed by atoms with van der Waals surface area (Å²) in [5.41, 5.74) is 3.58. The number of anilines is 1. The first-order chi connectivity index (χ1) is 17.9. The van der Waals surface area contributed by atoms with Crippen LogP contribution >= 0.6 is 0 Å². The van der Waals surface area contributed by atoms with Gasteiger partial charge in [-0.05, 0) is 42.0 Å². The van der Waals surface area contributed by atoms with E-state index in [0.29, 0.717) is 33.5 Å². The Labute approximate surface area is 208 Å². The number of aromatic nitrogens is 4. The number of alkyl halides is 2. The van der Waals surface area contributed by atoms with E-state index in [1.165, 1.54) is 24.4 Å². The Morgan fingerprint density at radius 3 is 2.46 bits per heavy atom. The molecule has 5 aromatic rings. The zero-order chi connectivity index (χ0) is 25.9. The van der Waals surface area contributed by atoms with Crippen LogP contribution in [0.1, 0.15) is 17.9 Å². The van der Waals surface area contributed by atoms with Crippen LogP contribution in [-0.2, 0) is 4.79 Å². The maximum atomic E-state index is 13.9. The second kappa shape index (κ2) is 10.2. The average molecular weight is 505 g/mol. The fourth-order valence-corrected chi connectivity index (χ4v) is 4.16. The number of carbonyl (C=O) groups is 1. The average Bonchev–Trinajstić information content (AvgIpc) is 3.27. The van der Waals surface area contributed by atoms with Gasteiger partial charge in [0.1, 0.15) is 17.5 Å². The fraction of sp³-hybridized carbons (Fsp3) is 0.111. The number of halogens is 4. The van der Waals surface area contributed by atoms with E-state index < -0.39 is 36.3 Å². The van der Waals surface area contributed by atoms with E-state index in [1.54, 1.807) is 30.5 Å². The molecule has 0 saturated heterocycles. The van der Waals surface area contributed by atoms with Crippen molar-refractivity contribution < 1.29 is 22.4 Å².